The van der Waals surface area contributed by atoms with E-state index >= 15 is 0 Å². The minimum atomic E-state index is -4.05. The highest BCUT2D eigenvalue weighted by Crippen LogP contribution is 2.33. The standard InChI is InChI=1S/C11H18N4O5S/c1-2-14(7-4-8-16)21(19,20)10-6-3-5-9(13-12)11(10)15(17)18/h3,5-6,13,16H,2,4,7-8,12H2,1H3. The highest BCUT2D eigenvalue weighted by Gasteiger charge is 2.32. The zero-order chi connectivity index (χ0) is 16.0. The topological polar surface area (TPSA) is 139 Å². The molecule has 0 saturated heterocycles. The fourth-order valence-electron chi connectivity index (χ4n) is 1.87. The molecule has 0 saturated carbocycles. The molecule has 0 aliphatic heterocycles. The molecule has 0 heterocycles. The van der Waals surface area contributed by atoms with Crippen LogP contribution in [0, 0.1) is 10.1 Å². The number of nitrogen functional groups attached to an aromatic ring is 1. The van der Waals surface area contributed by atoms with Crippen molar-refractivity contribution in [2.45, 2.75) is 18.2 Å². The normalized spacial score (nSPS) is 11.6. The lowest BCUT2D eigenvalue weighted by atomic mass is 10.3. The monoisotopic (exact) mass is 318 g/mol. The number of nitro benzene ring substituents is 1. The zero-order valence-electron chi connectivity index (χ0n) is 11.5. The molecule has 0 radical (unpaired) electrons. The second kappa shape index (κ2) is 7.31. The van der Waals surface area contributed by atoms with Crippen LogP contribution in [0.1, 0.15) is 13.3 Å². The summed E-state index contributed by atoms with van der Waals surface area (Å²) < 4.78 is 26.1. The van der Waals surface area contributed by atoms with E-state index in [9.17, 15) is 18.5 Å². The molecule has 9 nitrogen and oxygen atoms in total. The van der Waals surface area contributed by atoms with Crippen molar-refractivity contribution < 1.29 is 18.4 Å². The predicted octanol–water partition coefficient (Wildman–Crippen LogP) is 0.273. The van der Waals surface area contributed by atoms with E-state index in [0.29, 0.717) is 0 Å². The lowest BCUT2D eigenvalue weighted by Crippen LogP contribution is -2.33. The molecule has 1 aromatic carbocycles. The maximum Gasteiger partial charge on any atom is 0.313 e. The average molecular weight is 318 g/mol. The van der Waals surface area contributed by atoms with Gasteiger partial charge in [0.05, 0.1) is 4.92 Å². The van der Waals surface area contributed by atoms with E-state index in [1.165, 1.54) is 12.1 Å². The van der Waals surface area contributed by atoms with Gasteiger partial charge in [0, 0.05) is 19.7 Å². The first-order valence-electron chi connectivity index (χ1n) is 6.25. The molecule has 0 aromatic heterocycles. The van der Waals surface area contributed by atoms with Crippen molar-refractivity contribution in [2.75, 3.05) is 25.1 Å². The summed E-state index contributed by atoms with van der Waals surface area (Å²) in [5, 5.41) is 20.0. The van der Waals surface area contributed by atoms with E-state index in [-0.39, 0.29) is 31.8 Å². The molecular weight excluding hydrogens is 300 g/mol. The summed E-state index contributed by atoms with van der Waals surface area (Å²) >= 11 is 0. The summed E-state index contributed by atoms with van der Waals surface area (Å²) in [4.78, 5) is 9.94. The number of aliphatic hydroxyl groups excluding tert-OH is 1. The first-order chi connectivity index (χ1) is 9.89. The van der Waals surface area contributed by atoms with Crippen LogP contribution in [0.25, 0.3) is 0 Å². The molecule has 0 aliphatic rings. The predicted molar refractivity (Wildman–Crippen MR) is 77.0 cm³/mol. The second-order valence-electron chi connectivity index (χ2n) is 4.13. The quantitative estimate of drug-likeness (QED) is 0.355. The fraction of sp³-hybridized carbons (Fsp3) is 0.455. The molecule has 1 rings (SSSR count). The number of para-hydroxylation sites is 1. The van der Waals surface area contributed by atoms with E-state index in [1.54, 1.807) is 6.92 Å². The number of sulfonamides is 1. The third-order valence-electron chi connectivity index (χ3n) is 2.87. The lowest BCUT2D eigenvalue weighted by Gasteiger charge is -2.20. The lowest BCUT2D eigenvalue weighted by molar-refractivity contribution is -0.386. The molecule has 0 atom stereocenters. The van der Waals surface area contributed by atoms with Gasteiger partial charge in [-0.1, -0.05) is 13.0 Å². The minimum Gasteiger partial charge on any atom is -0.396 e. The molecular formula is C11H18N4O5S. The van der Waals surface area contributed by atoms with Gasteiger partial charge < -0.3 is 10.5 Å². The minimum absolute atomic E-state index is 0.0762. The van der Waals surface area contributed by atoms with Gasteiger partial charge in [-0.3, -0.25) is 16.0 Å². The Kier molecular flexibility index (Phi) is 6.03. The summed E-state index contributed by atoms with van der Waals surface area (Å²) in [6, 6.07) is 3.85. The smallest absolute Gasteiger partial charge is 0.313 e. The van der Waals surface area contributed by atoms with Gasteiger partial charge in [-0.05, 0) is 18.6 Å². The number of aliphatic hydroxyl groups is 1. The van der Waals surface area contributed by atoms with Crippen molar-refractivity contribution in [3.63, 3.8) is 0 Å². The van der Waals surface area contributed by atoms with Gasteiger partial charge in [-0.15, -0.1) is 0 Å². The highest BCUT2D eigenvalue weighted by molar-refractivity contribution is 7.89. The molecule has 1 aromatic rings. The molecule has 0 bridgehead atoms. The Morgan fingerprint density at radius 2 is 2.14 bits per heavy atom. The number of hydrogen-bond donors (Lipinski definition) is 3. The average Bonchev–Trinajstić information content (AvgIpc) is 2.46. The Morgan fingerprint density at radius 3 is 2.62 bits per heavy atom. The van der Waals surface area contributed by atoms with Gasteiger partial charge in [0.2, 0.25) is 10.0 Å². The summed E-state index contributed by atoms with van der Waals surface area (Å²) in [7, 11) is -4.05. The summed E-state index contributed by atoms with van der Waals surface area (Å²) in [5.74, 6) is 5.19. The zero-order valence-corrected chi connectivity index (χ0v) is 12.3. The Morgan fingerprint density at radius 1 is 1.48 bits per heavy atom. The number of benzene rings is 1. The van der Waals surface area contributed by atoms with Crippen LogP contribution >= 0.6 is 0 Å². The molecule has 4 N–H and O–H groups in total. The van der Waals surface area contributed by atoms with Gasteiger partial charge in [-0.25, -0.2) is 8.42 Å². The van der Waals surface area contributed by atoms with Crippen LogP contribution in [0.3, 0.4) is 0 Å². The van der Waals surface area contributed by atoms with Crippen LogP contribution < -0.4 is 11.3 Å². The van der Waals surface area contributed by atoms with Crippen LogP contribution in [0.2, 0.25) is 0 Å². The van der Waals surface area contributed by atoms with Crippen LogP contribution in [-0.2, 0) is 10.0 Å². The van der Waals surface area contributed by atoms with Crippen LogP contribution in [0.5, 0.6) is 0 Å². The van der Waals surface area contributed by atoms with Gasteiger partial charge >= 0.3 is 5.69 Å². The van der Waals surface area contributed by atoms with E-state index < -0.39 is 25.5 Å². The van der Waals surface area contributed by atoms with Gasteiger partial charge in [0.25, 0.3) is 0 Å². The number of nitrogens with two attached hydrogens (primary N) is 1. The van der Waals surface area contributed by atoms with Crippen molar-refractivity contribution >= 4 is 21.4 Å². The fourth-order valence-corrected chi connectivity index (χ4v) is 3.54. The van der Waals surface area contributed by atoms with Crippen LogP contribution in [-0.4, -0.2) is 42.4 Å². The van der Waals surface area contributed by atoms with Crippen LogP contribution in [0.15, 0.2) is 23.1 Å². The molecule has 0 spiro atoms. The van der Waals surface area contributed by atoms with Crippen molar-refractivity contribution in [3.8, 4) is 0 Å². The van der Waals surface area contributed by atoms with Crippen molar-refractivity contribution in [3.05, 3.63) is 28.3 Å². The highest BCUT2D eigenvalue weighted by atomic mass is 32.2. The van der Waals surface area contributed by atoms with E-state index in [0.717, 1.165) is 10.4 Å². The third kappa shape index (κ3) is 3.67. The van der Waals surface area contributed by atoms with E-state index in [1.807, 2.05) is 0 Å². The number of anilines is 1. The second-order valence-corrected chi connectivity index (χ2v) is 6.03. The molecule has 0 aliphatic carbocycles. The Balaban J connectivity index is 3.40. The molecule has 0 fully saturated rings. The Bertz CT molecular complexity index is 605. The van der Waals surface area contributed by atoms with Gasteiger partial charge in [0.1, 0.15) is 5.69 Å². The molecule has 0 unspecified atom stereocenters. The van der Waals surface area contributed by atoms with Gasteiger partial charge in [-0.2, -0.15) is 4.31 Å². The number of nitrogens with zero attached hydrogens (tertiary/aromatic N) is 2. The van der Waals surface area contributed by atoms with Crippen LogP contribution in [0.4, 0.5) is 11.4 Å². The number of nitro groups is 1. The maximum absolute atomic E-state index is 12.5. The van der Waals surface area contributed by atoms with E-state index in [4.69, 9.17) is 10.9 Å². The molecule has 10 heteroatoms. The molecule has 118 valence electrons. The van der Waals surface area contributed by atoms with Gasteiger partial charge in [0.15, 0.2) is 4.90 Å². The number of rotatable bonds is 8. The maximum atomic E-state index is 12.5. The summed E-state index contributed by atoms with van der Waals surface area (Å²) in [6.45, 7) is 1.66. The van der Waals surface area contributed by atoms with E-state index in [2.05, 4.69) is 5.43 Å². The van der Waals surface area contributed by atoms with Crippen molar-refractivity contribution in [2.24, 2.45) is 5.84 Å². The van der Waals surface area contributed by atoms with Crippen molar-refractivity contribution in [1.29, 1.82) is 0 Å². The largest absolute Gasteiger partial charge is 0.396 e. The number of hydrogen-bond acceptors (Lipinski definition) is 7. The summed E-state index contributed by atoms with van der Waals surface area (Å²) in [6.07, 6.45) is 0.246. The third-order valence-corrected chi connectivity index (χ3v) is 4.88. The molecule has 21 heavy (non-hydrogen) atoms. The van der Waals surface area contributed by atoms with Crippen molar-refractivity contribution in [1.82, 2.24) is 4.31 Å². The first-order valence-corrected chi connectivity index (χ1v) is 7.69. The number of hydrazine groups is 1. The first kappa shape index (κ1) is 17.3. The SMILES string of the molecule is CCN(CCCO)S(=O)(=O)c1cccc(NN)c1[N+](=O)[O-]. The number of nitrogens with one attached hydrogen (secondary N) is 1. The summed E-state index contributed by atoms with van der Waals surface area (Å²) in [5.41, 5.74) is 1.45. The Labute approximate surface area is 122 Å². The Hall–Kier alpha value is -1.75. The molecule has 0 amide bonds.